The van der Waals surface area contributed by atoms with Gasteiger partial charge in [0.2, 0.25) is 5.91 Å². The van der Waals surface area contributed by atoms with E-state index in [4.69, 9.17) is 21.1 Å². The van der Waals surface area contributed by atoms with Gasteiger partial charge >= 0.3 is 0 Å². The second-order valence-corrected chi connectivity index (χ2v) is 8.04. The molecule has 2 aromatic carbocycles. The van der Waals surface area contributed by atoms with Gasteiger partial charge in [-0.25, -0.2) is 14.4 Å². The summed E-state index contributed by atoms with van der Waals surface area (Å²) in [5.74, 6) is -0.232. The minimum atomic E-state index is -0.603. The van der Waals surface area contributed by atoms with Crippen molar-refractivity contribution >= 4 is 45.6 Å². The molecule has 0 unspecified atom stereocenters. The molecule has 2 N–H and O–H groups in total. The highest BCUT2D eigenvalue weighted by Gasteiger charge is 2.18. The minimum Gasteiger partial charge on any atom is -0.490 e. The zero-order valence-electron chi connectivity index (χ0n) is 19.3. The number of halogens is 2. The molecule has 0 radical (unpaired) electrons. The van der Waals surface area contributed by atoms with Crippen molar-refractivity contribution in [3.8, 4) is 5.75 Å². The van der Waals surface area contributed by atoms with Crippen molar-refractivity contribution in [3.63, 3.8) is 0 Å². The van der Waals surface area contributed by atoms with E-state index >= 15 is 0 Å². The lowest BCUT2D eigenvalue weighted by atomic mass is 10.1. The summed E-state index contributed by atoms with van der Waals surface area (Å²) in [5, 5.41) is 6.31. The smallest absolute Gasteiger partial charge is 0.248 e. The third-order valence-electron chi connectivity index (χ3n) is 4.70. The zero-order chi connectivity index (χ0) is 24.5. The van der Waals surface area contributed by atoms with E-state index in [2.05, 4.69) is 20.6 Å². The number of aromatic nitrogens is 2. The average Bonchev–Trinajstić information content (AvgIpc) is 2.80. The Balaban J connectivity index is 2.02. The van der Waals surface area contributed by atoms with Crippen molar-refractivity contribution in [2.75, 3.05) is 51.6 Å². The molecule has 0 atom stereocenters. The molecule has 0 saturated carbocycles. The maximum Gasteiger partial charge on any atom is 0.248 e. The molecule has 0 aliphatic carbocycles. The van der Waals surface area contributed by atoms with Gasteiger partial charge in [0.25, 0.3) is 0 Å². The van der Waals surface area contributed by atoms with Crippen molar-refractivity contribution in [2.24, 2.45) is 0 Å². The maximum absolute atomic E-state index is 14.6. The van der Waals surface area contributed by atoms with Gasteiger partial charge in [0.1, 0.15) is 12.1 Å². The highest BCUT2D eigenvalue weighted by atomic mass is 35.5. The van der Waals surface area contributed by atoms with Crippen molar-refractivity contribution in [3.05, 3.63) is 59.7 Å². The van der Waals surface area contributed by atoms with E-state index in [1.807, 2.05) is 19.0 Å². The molecule has 0 saturated heterocycles. The fourth-order valence-electron chi connectivity index (χ4n) is 3.12. The highest BCUT2D eigenvalue weighted by molar-refractivity contribution is 6.31. The first kappa shape index (κ1) is 25.4. The van der Waals surface area contributed by atoms with E-state index in [1.54, 1.807) is 37.5 Å². The third-order valence-corrected chi connectivity index (χ3v) is 4.99. The van der Waals surface area contributed by atoms with E-state index < -0.39 is 5.82 Å². The standard InChI is InChI=1S/C24H27ClFN5O3/c1-31(2)12-5-9-20(32)29-19-11-10-17-21(23(19)34-14-6-13-33-3)24(28-15-27-17)30-18-8-4-7-16(25)22(18)26/h4-5,7-11,15H,6,12-14H2,1-3H3,(H,29,32)(H,27,28,30)/b9-5+. The van der Waals surface area contributed by atoms with Gasteiger partial charge in [-0.05, 0) is 38.4 Å². The van der Waals surface area contributed by atoms with Crippen LogP contribution < -0.4 is 15.4 Å². The lowest BCUT2D eigenvalue weighted by molar-refractivity contribution is -0.111. The van der Waals surface area contributed by atoms with Crippen LogP contribution in [0.3, 0.4) is 0 Å². The first-order chi connectivity index (χ1) is 16.4. The van der Waals surface area contributed by atoms with Crippen molar-refractivity contribution in [2.45, 2.75) is 6.42 Å². The van der Waals surface area contributed by atoms with Gasteiger partial charge in [-0.15, -0.1) is 0 Å². The Morgan fingerprint density at radius 1 is 1.18 bits per heavy atom. The van der Waals surface area contributed by atoms with Crippen LogP contribution in [0.5, 0.6) is 5.75 Å². The summed E-state index contributed by atoms with van der Waals surface area (Å²) in [6, 6.07) is 8.09. The fourth-order valence-corrected chi connectivity index (χ4v) is 3.29. The number of anilines is 3. The largest absolute Gasteiger partial charge is 0.490 e. The normalized spacial score (nSPS) is 11.4. The molecule has 1 aromatic heterocycles. The van der Waals surface area contributed by atoms with E-state index in [-0.39, 0.29) is 16.6 Å². The molecule has 10 heteroatoms. The molecular weight excluding hydrogens is 461 g/mol. The van der Waals surface area contributed by atoms with Crippen LogP contribution in [-0.2, 0) is 9.53 Å². The van der Waals surface area contributed by atoms with Crippen molar-refractivity contribution in [1.29, 1.82) is 0 Å². The number of hydrogen-bond acceptors (Lipinski definition) is 7. The monoisotopic (exact) mass is 487 g/mol. The first-order valence-corrected chi connectivity index (χ1v) is 11.0. The molecule has 1 heterocycles. The summed E-state index contributed by atoms with van der Waals surface area (Å²) in [6.45, 7) is 1.46. The number of amides is 1. The van der Waals surface area contributed by atoms with Crippen molar-refractivity contribution in [1.82, 2.24) is 14.9 Å². The Morgan fingerprint density at radius 2 is 2.00 bits per heavy atom. The molecule has 0 aliphatic rings. The van der Waals surface area contributed by atoms with Gasteiger partial charge in [-0.3, -0.25) is 4.79 Å². The number of benzene rings is 2. The summed E-state index contributed by atoms with van der Waals surface area (Å²) >= 11 is 5.93. The Bertz CT molecular complexity index is 1170. The Kier molecular flexibility index (Phi) is 9.15. The Morgan fingerprint density at radius 3 is 2.76 bits per heavy atom. The molecule has 1 amide bonds. The molecule has 3 rings (SSSR count). The van der Waals surface area contributed by atoms with Gasteiger partial charge < -0.3 is 25.0 Å². The van der Waals surface area contributed by atoms with Gasteiger partial charge in [-0.1, -0.05) is 23.7 Å². The molecular formula is C24H27ClFN5O3. The molecule has 3 aromatic rings. The number of carbonyl (C=O) groups is 1. The van der Waals surface area contributed by atoms with Crippen LogP contribution in [0.15, 0.2) is 48.8 Å². The maximum atomic E-state index is 14.6. The van der Waals surface area contributed by atoms with Gasteiger partial charge in [0, 0.05) is 32.8 Å². The van der Waals surface area contributed by atoms with E-state index in [0.717, 1.165) is 0 Å². The van der Waals surface area contributed by atoms with Crippen LogP contribution >= 0.6 is 11.6 Å². The quantitative estimate of drug-likeness (QED) is 0.301. The van der Waals surface area contributed by atoms with Crippen LogP contribution in [0.1, 0.15) is 6.42 Å². The number of nitrogens with one attached hydrogen (secondary N) is 2. The zero-order valence-corrected chi connectivity index (χ0v) is 20.0. The van der Waals surface area contributed by atoms with Gasteiger partial charge in [0.05, 0.1) is 33.9 Å². The number of carbonyl (C=O) groups excluding carboxylic acids is 1. The second-order valence-electron chi connectivity index (χ2n) is 7.63. The summed E-state index contributed by atoms with van der Waals surface area (Å²) < 4.78 is 25.7. The van der Waals surface area contributed by atoms with E-state index in [9.17, 15) is 9.18 Å². The summed E-state index contributed by atoms with van der Waals surface area (Å²) in [6.07, 6.45) is 5.21. The van der Waals surface area contributed by atoms with E-state index in [0.29, 0.717) is 54.3 Å². The number of likely N-dealkylation sites (N-methyl/N-ethyl adjacent to an activating group) is 1. The average molecular weight is 488 g/mol. The second kappa shape index (κ2) is 12.3. The first-order valence-electron chi connectivity index (χ1n) is 10.6. The van der Waals surface area contributed by atoms with Crippen LogP contribution in [-0.4, -0.2) is 61.7 Å². The van der Waals surface area contributed by atoms with E-state index in [1.165, 1.54) is 18.5 Å². The van der Waals surface area contributed by atoms with Gasteiger partial charge in [-0.2, -0.15) is 0 Å². The predicted molar refractivity (Wildman–Crippen MR) is 133 cm³/mol. The summed E-state index contributed by atoms with van der Waals surface area (Å²) in [4.78, 5) is 23.1. The van der Waals surface area contributed by atoms with Crippen LogP contribution in [0.4, 0.5) is 21.6 Å². The number of fused-ring (bicyclic) bond motifs is 1. The van der Waals surface area contributed by atoms with Crippen LogP contribution in [0.2, 0.25) is 5.02 Å². The summed E-state index contributed by atoms with van der Waals surface area (Å²) in [5.41, 5.74) is 1.15. The van der Waals surface area contributed by atoms with Crippen LogP contribution in [0, 0.1) is 5.82 Å². The lowest BCUT2D eigenvalue weighted by Gasteiger charge is -2.17. The van der Waals surface area contributed by atoms with Crippen molar-refractivity contribution < 1.29 is 18.7 Å². The minimum absolute atomic E-state index is 0.0168. The fraction of sp³-hybridized carbons (Fsp3) is 0.292. The molecule has 8 nitrogen and oxygen atoms in total. The molecule has 0 spiro atoms. The lowest BCUT2D eigenvalue weighted by Crippen LogP contribution is -2.14. The number of hydrogen-bond donors (Lipinski definition) is 2. The molecule has 180 valence electrons. The number of nitrogens with zero attached hydrogens (tertiary/aromatic N) is 3. The Hall–Kier alpha value is -3.27. The SMILES string of the molecule is COCCCOc1c(NC(=O)/C=C/CN(C)C)ccc2ncnc(Nc3cccc(Cl)c3F)c12. The highest BCUT2D eigenvalue weighted by Crippen LogP contribution is 2.38. The number of methoxy groups -OCH3 is 1. The number of rotatable bonds is 11. The summed E-state index contributed by atoms with van der Waals surface area (Å²) in [7, 11) is 5.43. The molecule has 34 heavy (non-hydrogen) atoms. The third kappa shape index (κ3) is 6.63. The molecule has 0 bridgehead atoms. The Labute approximate surface area is 202 Å². The molecule has 0 fully saturated rings. The topological polar surface area (TPSA) is 88.6 Å². The molecule has 0 aliphatic heterocycles. The number of ether oxygens (including phenoxy) is 2. The predicted octanol–water partition coefficient (Wildman–Crippen LogP) is 4.64. The van der Waals surface area contributed by atoms with Crippen LogP contribution in [0.25, 0.3) is 10.9 Å². The van der Waals surface area contributed by atoms with Gasteiger partial charge in [0.15, 0.2) is 11.6 Å².